The van der Waals surface area contributed by atoms with Crippen LogP contribution in [0, 0.1) is 29.6 Å². The van der Waals surface area contributed by atoms with E-state index >= 15 is 0 Å². The molecule has 0 heterocycles. The van der Waals surface area contributed by atoms with E-state index in [9.17, 15) is 9.90 Å². The fourth-order valence-electron chi connectivity index (χ4n) is 5.43. The minimum Gasteiger partial charge on any atom is -0.390 e. The number of benzene rings is 1. The molecule has 0 aliphatic heterocycles. The number of hydrogen-bond acceptors (Lipinski definition) is 2. The zero-order chi connectivity index (χ0) is 15.4. The number of terminal acetylenes is 1. The fraction of sp³-hybridized carbons (Fsp3) is 0.526. The van der Waals surface area contributed by atoms with Crippen LogP contribution in [0.15, 0.2) is 24.3 Å². The summed E-state index contributed by atoms with van der Waals surface area (Å²) >= 11 is 0. The van der Waals surface area contributed by atoms with Gasteiger partial charge >= 0.3 is 0 Å². The first-order valence-corrected chi connectivity index (χ1v) is 8.11. The van der Waals surface area contributed by atoms with Crippen LogP contribution in [0.25, 0.3) is 0 Å². The smallest absolute Gasteiger partial charge is 0.230 e. The Hall–Kier alpha value is -1.79. The van der Waals surface area contributed by atoms with Crippen LogP contribution in [0.2, 0.25) is 0 Å². The average Bonchev–Trinajstić information content (AvgIpc) is 2.45. The molecule has 22 heavy (non-hydrogen) atoms. The lowest BCUT2D eigenvalue weighted by Gasteiger charge is -2.59. The molecule has 2 N–H and O–H groups in total. The Morgan fingerprint density at radius 1 is 1.27 bits per heavy atom. The monoisotopic (exact) mass is 295 g/mol. The highest BCUT2D eigenvalue weighted by Gasteiger charge is 2.60. The summed E-state index contributed by atoms with van der Waals surface area (Å²) in [5, 5.41) is 13.8. The summed E-state index contributed by atoms with van der Waals surface area (Å²) in [5.74, 6) is 3.67. The topological polar surface area (TPSA) is 49.3 Å². The Bertz CT molecular complexity index is 658. The lowest BCUT2D eigenvalue weighted by atomic mass is 9.47. The first-order valence-electron chi connectivity index (χ1n) is 8.11. The standard InChI is InChI=1S/C19H21NO2/c1-2-13-4-3-5-16(7-13)20-17(21)18-8-14-6-15(9-18)11-19(22,10-14)12-18/h1,3-5,7,14-15,22H,6,8-12H2,(H,20,21). The maximum absolute atomic E-state index is 12.9. The predicted molar refractivity (Wildman–Crippen MR) is 85.1 cm³/mol. The SMILES string of the molecule is C#Cc1cccc(NC(=O)C23CC4CC(CC(O)(C4)C2)C3)c1. The average molecular weight is 295 g/mol. The van der Waals surface area contributed by atoms with Gasteiger partial charge in [-0.25, -0.2) is 0 Å². The van der Waals surface area contributed by atoms with Gasteiger partial charge in [-0.1, -0.05) is 12.0 Å². The second-order valence-electron chi connectivity index (χ2n) is 7.64. The van der Waals surface area contributed by atoms with Crippen molar-refractivity contribution in [3.63, 3.8) is 0 Å². The van der Waals surface area contributed by atoms with Crippen molar-refractivity contribution in [3.05, 3.63) is 29.8 Å². The second kappa shape index (κ2) is 4.60. The normalized spacial score (nSPS) is 38.5. The number of anilines is 1. The predicted octanol–water partition coefficient (Wildman–Crippen LogP) is 2.94. The Morgan fingerprint density at radius 2 is 2.00 bits per heavy atom. The third-order valence-corrected chi connectivity index (χ3v) is 5.80. The van der Waals surface area contributed by atoms with Crippen molar-refractivity contribution in [1.29, 1.82) is 0 Å². The van der Waals surface area contributed by atoms with Gasteiger partial charge in [0.25, 0.3) is 0 Å². The first kappa shape index (κ1) is 13.8. The van der Waals surface area contributed by atoms with Gasteiger partial charge in [0.2, 0.25) is 5.91 Å². The van der Waals surface area contributed by atoms with E-state index in [0.29, 0.717) is 18.3 Å². The van der Waals surface area contributed by atoms with Crippen LogP contribution in [0.4, 0.5) is 5.69 Å². The number of carbonyl (C=O) groups excluding carboxylic acids is 1. The van der Waals surface area contributed by atoms with Gasteiger partial charge in [-0.05, 0) is 68.6 Å². The van der Waals surface area contributed by atoms with Gasteiger partial charge in [0.15, 0.2) is 0 Å². The number of aliphatic hydroxyl groups is 1. The number of nitrogens with one attached hydrogen (secondary N) is 1. The molecule has 0 radical (unpaired) electrons. The second-order valence-corrected chi connectivity index (χ2v) is 7.64. The zero-order valence-corrected chi connectivity index (χ0v) is 12.6. The fourth-order valence-corrected chi connectivity index (χ4v) is 5.43. The Labute approximate surface area is 131 Å². The van der Waals surface area contributed by atoms with Crippen LogP contribution in [-0.2, 0) is 4.79 Å². The largest absolute Gasteiger partial charge is 0.390 e. The molecule has 4 fully saturated rings. The quantitative estimate of drug-likeness (QED) is 0.824. The minimum atomic E-state index is -0.609. The molecule has 4 aliphatic rings. The van der Waals surface area contributed by atoms with E-state index in [1.165, 1.54) is 6.42 Å². The van der Waals surface area contributed by atoms with Gasteiger partial charge in [-0.2, -0.15) is 0 Å². The maximum Gasteiger partial charge on any atom is 0.230 e. The molecule has 1 aromatic rings. The third kappa shape index (κ3) is 2.14. The van der Waals surface area contributed by atoms with E-state index in [1.54, 1.807) is 0 Å². The molecule has 5 rings (SSSR count). The van der Waals surface area contributed by atoms with Crippen LogP contribution < -0.4 is 5.32 Å². The molecular weight excluding hydrogens is 274 g/mol. The summed E-state index contributed by atoms with van der Waals surface area (Å²) in [6.45, 7) is 0. The summed E-state index contributed by atoms with van der Waals surface area (Å²) in [7, 11) is 0. The molecule has 4 aliphatic carbocycles. The molecular formula is C19H21NO2. The molecule has 3 nitrogen and oxygen atoms in total. The van der Waals surface area contributed by atoms with Crippen molar-refractivity contribution in [2.75, 3.05) is 5.32 Å². The van der Waals surface area contributed by atoms with Crippen molar-refractivity contribution < 1.29 is 9.90 Å². The molecule has 0 aromatic heterocycles. The molecule has 114 valence electrons. The number of carbonyl (C=O) groups is 1. The van der Waals surface area contributed by atoms with Crippen molar-refractivity contribution >= 4 is 11.6 Å². The van der Waals surface area contributed by atoms with Crippen molar-refractivity contribution in [1.82, 2.24) is 0 Å². The highest BCUT2D eigenvalue weighted by Crippen LogP contribution is 2.61. The molecule has 1 aromatic carbocycles. The van der Waals surface area contributed by atoms with Gasteiger partial charge in [-0.15, -0.1) is 6.42 Å². The molecule has 0 saturated heterocycles. The van der Waals surface area contributed by atoms with Crippen molar-refractivity contribution in [3.8, 4) is 12.3 Å². The van der Waals surface area contributed by atoms with Gasteiger partial charge in [0, 0.05) is 11.3 Å². The molecule has 2 atom stereocenters. The van der Waals surface area contributed by atoms with Gasteiger partial charge in [0.1, 0.15) is 0 Å². The minimum absolute atomic E-state index is 0.0641. The van der Waals surface area contributed by atoms with E-state index in [2.05, 4.69) is 11.2 Å². The third-order valence-electron chi connectivity index (χ3n) is 5.80. The molecule has 4 saturated carbocycles. The lowest BCUT2D eigenvalue weighted by molar-refractivity contribution is -0.174. The molecule has 3 heteroatoms. The van der Waals surface area contributed by atoms with Crippen LogP contribution in [0.5, 0.6) is 0 Å². The van der Waals surface area contributed by atoms with Crippen LogP contribution in [0.3, 0.4) is 0 Å². The molecule has 0 spiro atoms. The Kier molecular flexibility index (Phi) is 2.90. The van der Waals surface area contributed by atoms with Crippen molar-refractivity contribution in [2.45, 2.75) is 44.1 Å². The van der Waals surface area contributed by atoms with Crippen LogP contribution >= 0.6 is 0 Å². The maximum atomic E-state index is 12.9. The highest BCUT2D eigenvalue weighted by molar-refractivity contribution is 5.96. The highest BCUT2D eigenvalue weighted by atomic mass is 16.3. The summed E-state index contributed by atoms with van der Waals surface area (Å²) < 4.78 is 0. The van der Waals surface area contributed by atoms with E-state index in [1.807, 2.05) is 24.3 Å². The first-order chi connectivity index (χ1) is 10.5. The van der Waals surface area contributed by atoms with E-state index in [-0.39, 0.29) is 11.3 Å². The van der Waals surface area contributed by atoms with Crippen LogP contribution in [0.1, 0.15) is 44.1 Å². The summed E-state index contributed by atoms with van der Waals surface area (Å²) in [5.41, 5.74) is 0.526. The van der Waals surface area contributed by atoms with Gasteiger partial charge in [0.05, 0.1) is 11.0 Å². The number of rotatable bonds is 2. The van der Waals surface area contributed by atoms with E-state index < -0.39 is 5.60 Å². The van der Waals surface area contributed by atoms with E-state index in [4.69, 9.17) is 6.42 Å². The number of hydrogen-bond donors (Lipinski definition) is 2. The Balaban J connectivity index is 1.59. The molecule has 4 bridgehead atoms. The number of amides is 1. The van der Waals surface area contributed by atoms with E-state index in [0.717, 1.165) is 36.9 Å². The van der Waals surface area contributed by atoms with Crippen LogP contribution in [-0.4, -0.2) is 16.6 Å². The summed E-state index contributed by atoms with van der Waals surface area (Å²) in [6, 6.07) is 7.40. The van der Waals surface area contributed by atoms with Gasteiger partial charge < -0.3 is 10.4 Å². The van der Waals surface area contributed by atoms with Gasteiger partial charge in [-0.3, -0.25) is 4.79 Å². The van der Waals surface area contributed by atoms with Crippen molar-refractivity contribution in [2.24, 2.45) is 17.3 Å². The summed E-state index contributed by atoms with van der Waals surface area (Å²) in [4.78, 5) is 12.9. The lowest BCUT2D eigenvalue weighted by Crippen LogP contribution is -2.59. The molecule has 1 amide bonds. The zero-order valence-electron chi connectivity index (χ0n) is 12.6. The summed E-state index contributed by atoms with van der Waals surface area (Å²) in [6.07, 6.45) is 10.8. The Morgan fingerprint density at radius 3 is 2.64 bits per heavy atom. The molecule has 2 unspecified atom stereocenters.